The smallest absolute Gasteiger partial charge is 0.103 e. The Kier molecular flexibility index (Phi) is 2.01. The maximum Gasteiger partial charge on any atom is 0.103 e. The lowest BCUT2D eigenvalue weighted by Gasteiger charge is -2.07. The SMILES string of the molecule is N#Cc1cnc2ccc3c(c2c1N)CCS3. The molecule has 1 aliphatic heterocycles. The van der Waals surface area contributed by atoms with Crippen LogP contribution in [0.1, 0.15) is 11.1 Å². The molecule has 2 aromatic rings. The predicted octanol–water partition coefficient (Wildman–Crippen LogP) is 2.34. The van der Waals surface area contributed by atoms with Gasteiger partial charge in [0.25, 0.3) is 0 Å². The second-order valence-corrected chi connectivity index (χ2v) is 4.87. The molecule has 0 amide bonds. The number of aromatic nitrogens is 1. The largest absolute Gasteiger partial charge is 0.397 e. The summed E-state index contributed by atoms with van der Waals surface area (Å²) in [6.45, 7) is 0. The van der Waals surface area contributed by atoms with Gasteiger partial charge < -0.3 is 5.73 Å². The highest BCUT2D eigenvalue weighted by Crippen LogP contribution is 2.38. The average molecular weight is 227 g/mol. The monoisotopic (exact) mass is 227 g/mol. The third-order valence-corrected chi connectivity index (χ3v) is 3.97. The van der Waals surface area contributed by atoms with Crippen molar-refractivity contribution in [3.05, 3.63) is 29.5 Å². The Labute approximate surface area is 97.3 Å². The summed E-state index contributed by atoms with van der Waals surface area (Å²) in [4.78, 5) is 5.55. The molecule has 0 saturated heterocycles. The molecule has 0 fully saturated rings. The third-order valence-electron chi connectivity index (χ3n) is 2.87. The van der Waals surface area contributed by atoms with E-state index in [1.165, 1.54) is 10.5 Å². The number of anilines is 1. The van der Waals surface area contributed by atoms with E-state index in [-0.39, 0.29) is 0 Å². The second-order valence-electron chi connectivity index (χ2n) is 3.73. The van der Waals surface area contributed by atoms with Gasteiger partial charge in [0.2, 0.25) is 0 Å². The summed E-state index contributed by atoms with van der Waals surface area (Å²) in [7, 11) is 0. The molecule has 0 bridgehead atoms. The Bertz CT molecular complexity index is 623. The Morgan fingerprint density at radius 2 is 2.31 bits per heavy atom. The number of benzene rings is 1. The van der Waals surface area contributed by atoms with Crippen LogP contribution in [0.4, 0.5) is 5.69 Å². The molecule has 0 unspecified atom stereocenters. The maximum atomic E-state index is 8.95. The van der Waals surface area contributed by atoms with Gasteiger partial charge in [0.05, 0.1) is 16.8 Å². The van der Waals surface area contributed by atoms with Crippen molar-refractivity contribution in [3.8, 4) is 6.07 Å². The van der Waals surface area contributed by atoms with Crippen molar-refractivity contribution in [2.75, 3.05) is 11.5 Å². The molecule has 1 aromatic heterocycles. The molecule has 0 aliphatic carbocycles. The average Bonchev–Trinajstić information content (AvgIpc) is 2.77. The zero-order valence-electron chi connectivity index (χ0n) is 8.53. The Balaban J connectivity index is 2.46. The van der Waals surface area contributed by atoms with Crippen LogP contribution in [0.2, 0.25) is 0 Å². The fraction of sp³-hybridized carbons (Fsp3) is 0.167. The first-order chi connectivity index (χ1) is 7.81. The van der Waals surface area contributed by atoms with Crippen molar-refractivity contribution in [2.45, 2.75) is 11.3 Å². The lowest BCUT2D eigenvalue weighted by molar-refractivity contribution is 1.17. The Morgan fingerprint density at radius 1 is 1.44 bits per heavy atom. The van der Waals surface area contributed by atoms with Crippen molar-refractivity contribution in [1.82, 2.24) is 4.98 Å². The Hall–Kier alpha value is -1.73. The zero-order valence-corrected chi connectivity index (χ0v) is 9.34. The topological polar surface area (TPSA) is 62.7 Å². The number of pyridine rings is 1. The molecule has 3 rings (SSSR count). The molecular weight excluding hydrogens is 218 g/mol. The number of nitriles is 1. The van der Waals surface area contributed by atoms with Crippen molar-refractivity contribution >= 4 is 28.4 Å². The number of nitrogens with two attached hydrogens (primary N) is 1. The van der Waals surface area contributed by atoms with Gasteiger partial charge in [0.1, 0.15) is 6.07 Å². The van der Waals surface area contributed by atoms with Crippen LogP contribution in [0.3, 0.4) is 0 Å². The van der Waals surface area contributed by atoms with E-state index < -0.39 is 0 Å². The Morgan fingerprint density at radius 3 is 3.12 bits per heavy atom. The minimum absolute atomic E-state index is 0.470. The highest BCUT2D eigenvalue weighted by molar-refractivity contribution is 7.99. The summed E-state index contributed by atoms with van der Waals surface area (Å²) >= 11 is 1.84. The molecule has 0 spiro atoms. The van der Waals surface area contributed by atoms with Crippen molar-refractivity contribution in [3.63, 3.8) is 0 Å². The third kappa shape index (κ3) is 1.18. The zero-order chi connectivity index (χ0) is 11.1. The summed E-state index contributed by atoms with van der Waals surface area (Å²) < 4.78 is 0. The van der Waals surface area contributed by atoms with Gasteiger partial charge in [0, 0.05) is 22.2 Å². The molecule has 0 atom stereocenters. The first-order valence-electron chi connectivity index (χ1n) is 5.04. The number of nitrogen functional groups attached to an aromatic ring is 1. The van der Waals surface area contributed by atoms with Crippen LogP contribution in [0.25, 0.3) is 10.9 Å². The maximum absolute atomic E-state index is 8.95. The summed E-state index contributed by atoms with van der Waals surface area (Å²) in [5.41, 5.74) is 9.22. The van der Waals surface area contributed by atoms with Crippen molar-refractivity contribution in [1.29, 1.82) is 5.26 Å². The standard InChI is InChI=1S/C12H9N3S/c13-5-7-6-15-9-1-2-10-8(3-4-16-10)11(9)12(7)14/h1-2,6H,3-4H2,(H2,14,15). The van der Waals surface area contributed by atoms with Crippen LogP contribution in [0.15, 0.2) is 23.2 Å². The van der Waals surface area contributed by atoms with E-state index in [1.54, 1.807) is 6.20 Å². The molecule has 16 heavy (non-hydrogen) atoms. The van der Waals surface area contributed by atoms with Gasteiger partial charge >= 0.3 is 0 Å². The summed E-state index contributed by atoms with van der Waals surface area (Å²) in [6, 6.07) is 6.15. The first-order valence-corrected chi connectivity index (χ1v) is 6.03. The van der Waals surface area contributed by atoms with Crippen LogP contribution in [0, 0.1) is 11.3 Å². The molecule has 1 aliphatic rings. The summed E-state index contributed by atoms with van der Waals surface area (Å²) in [5, 5.41) is 9.92. The van der Waals surface area contributed by atoms with Gasteiger partial charge in [-0.05, 0) is 24.1 Å². The minimum Gasteiger partial charge on any atom is -0.397 e. The molecule has 2 N–H and O–H groups in total. The number of hydrogen-bond acceptors (Lipinski definition) is 4. The van der Waals surface area contributed by atoms with Crippen molar-refractivity contribution in [2.24, 2.45) is 0 Å². The first kappa shape index (κ1) is 9.49. The number of hydrogen-bond donors (Lipinski definition) is 1. The summed E-state index contributed by atoms with van der Waals surface area (Å²) in [5.74, 6) is 1.09. The summed E-state index contributed by atoms with van der Waals surface area (Å²) in [6.07, 6.45) is 2.56. The lowest BCUT2D eigenvalue weighted by Crippen LogP contribution is -1.97. The van der Waals surface area contributed by atoms with Gasteiger partial charge in [-0.1, -0.05) is 0 Å². The van der Waals surface area contributed by atoms with Crippen LogP contribution < -0.4 is 5.73 Å². The number of thioether (sulfide) groups is 1. The van der Waals surface area contributed by atoms with E-state index in [0.717, 1.165) is 23.1 Å². The highest BCUT2D eigenvalue weighted by Gasteiger charge is 2.17. The number of fused-ring (bicyclic) bond motifs is 3. The predicted molar refractivity (Wildman–Crippen MR) is 65.3 cm³/mol. The molecule has 4 heteroatoms. The van der Waals surface area contributed by atoms with E-state index in [4.69, 9.17) is 11.0 Å². The van der Waals surface area contributed by atoms with E-state index >= 15 is 0 Å². The fourth-order valence-electron chi connectivity index (χ4n) is 2.10. The molecule has 3 nitrogen and oxygen atoms in total. The molecule has 2 heterocycles. The van der Waals surface area contributed by atoms with E-state index in [2.05, 4.69) is 17.1 Å². The van der Waals surface area contributed by atoms with Crippen LogP contribution >= 0.6 is 11.8 Å². The number of rotatable bonds is 0. The van der Waals surface area contributed by atoms with Gasteiger partial charge in [-0.15, -0.1) is 11.8 Å². The van der Waals surface area contributed by atoms with E-state index in [1.807, 2.05) is 17.8 Å². The van der Waals surface area contributed by atoms with Gasteiger partial charge in [-0.2, -0.15) is 5.26 Å². The molecule has 1 aromatic carbocycles. The second kappa shape index (κ2) is 3.39. The molecule has 0 saturated carbocycles. The van der Waals surface area contributed by atoms with E-state index in [9.17, 15) is 0 Å². The van der Waals surface area contributed by atoms with E-state index in [0.29, 0.717) is 11.3 Å². The molecule has 78 valence electrons. The lowest BCUT2D eigenvalue weighted by atomic mass is 10.0. The van der Waals surface area contributed by atoms with Crippen molar-refractivity contribution < 1.29 is 0 Å². The molecule has 0 radical (unpaired) electrons. The highest BCUT2D eigenvalue weighted by atomic mass is 32.2. The van der Waals surface area contributed by atoms with Gasteiger partial charge in [0.15, 0.2) is 0 Å². The van der Waals surface area contributed by atoms with Crippen LogP contribution in [0.5, 0.6) is 0 Å². The fourth-order valence-corrected chi connectivity index (χ4v) is 3.17. The van der Waals surface area contributed by atoms with Gasteiger partial charge in [-0.25, -0.2) is 0 Å². The molecular formula is C12H9N3S. The van der Waals surface area contributed by atoms with Crippen LogP contribution in [-0.4, -0.2) is 10.7 Å². The van der Waals surface area contributed by atoms with Gasteiger partial charge in [-0.3, -0.25) is 4.98 Å². The number of aryl methyl sites for hydroxylation is 1. The minimum atomic E-state index is 0.470. The number of nitrogens with zero attached hydrogens (tertiary/aromatic N) is 2. The van der Waals surface area contributed by atoms with Crippen LogP contribution in [-0.2, 0) is 6.42 Å². The quantitative estimate of drug-likeness (QED) is 0.750. The normalized spacial score (nSPS) is 13.7.